The molecule has 0 spiro atoms. The SMILES string of the molecule is Cc1ccc2sc(S(N)(=O)=O)cc2n1. The highest BCUT2D eigenvalue weighted by Crippen LogP contribution is 2.26. The van der Waals surface area contributed by atoms with Crippen LogP contribution in [0.5, 0.6) is 0 Å². The number of thiophene rings is 1. The lowest BCUT2D eigenvalue weighted by atomic mass is 10.3. The summed E-state index contributed by atoms with van der Waals surface area (Å²) in [6.45, 7) is 1.85. The van der Waals surface area contributed by atoms with Gasteiger partial charge in [-0.3, -0.25) is 4.98 Å². The Balaban J connectivity index is 2.75. The largest absolute Gasteiger partial charge is 0.252 e. The van der Waals surface area contributed by atoms with Gasteiger partial charge in [0, 0.05) is 5.69 Å². The Labute approximate surface area is 85.4 Å². The van der Waals surface area contributed by atoms with Gasteiger partial charge in [0.15, 0.2) is 0 Å². The molecule has 0 bridgehead atoms. The second-order valence-corrected chi connectivity index (χ2v) is 5.82. The average molecular weight is 228 g/mol. The maximum absolute atomic E-state index is 11.0. The fraction of sp³-hybridized carbons (Fsp3) is 0.125. The molecule has 74 valence electrons. The van der Waals surface area contributed by atoms with Crippen molar-refractivity contribution in [2.45, 2.75) is 11.1 Å². The second-order valence-electron chi connectivity index (χ2n) is 2.95. The summed E-state index contributed by atoms with van der Waals surface area (Å²) in [5, 5.41) is 5.01. The third-order valence-corrected chi connectivity index (χ3v) is 4.28. The van der Waals surface area contributed by atoms with Crippen LogP contribution in [-0.2, 0) is 10.0 Å². The van der Waals surface area contributed by atoms with Crippen molar-refractivity contribution < 1.29 is 8.42 Å². The number of pyridine rings is 1. The molecule has 0 saturated heterocycles. The summed E-state index contributed by atoms with van der Waals surface area (Å²) in [5.74, 6) is 0. The minimum Gasteiger partial charge on any atom is -0.252 e. The van der Waals surface area contributed by atoms with Crippen molar-refractivity contribution in [2.24, 2.45) is 5.14 Å². The molecule has 2 heterocycles. The van der Waals surface area contributed by atoms with Crippen molar-refractivity contribution in [1.82, 2.24) is 4.98 Å². The number of hydrogen-bond acceptors (Lipinski definition) is 4. The highest BCUT2D eigenvalue weighted by molar-refractivity contribution is 7.91. The molecule has 0 amide bonds. The van der Waals surface area contributed by atoms with Crippen LogP contribution in [0.1, 0.15) is 5.69 Å². The van der Waals surface area contributed by atoms with E-state index in [2.05, 4.69) is 4.98 Å². The van der Waals surface area contributed by atoms with Gasteiger partial charge in [-0.05, 0) is 25.1 Å². The first-order chi connectivity index (χ1) is 6.47. The molecule has 0 radical (unpaired) electrons. The third-order valence-electron chi connectivity index (χ3n) is 1.77. The van der Waals surface area contributed by atoms with Crippen molar-refractivity contribution in [3.05, 3.63) is 23.9 Å². The molecule has 0 aliphatic carbocycles. The molecule has 2 aromatic heterocycles. The zero-order chi connectivity index (χ0) is 10.3. The van der Waals surface area contributed by atoms with E-state index in [-0.39, 0.29) is 4.21 Å². The molecule has 2 aromatic rings. The van der Waals surface area contributed by atoms with E-state index in [1.54, 1.807) is 0 Å². The molecular weight excluding hydrogens is 220 g/mol. The van der Waals surface area contributed by atoms with E-state index in [4.69, 9.17) is 5.14 Å². The molecule has 0 aromatic carbocycles. The lowest BCUT2D eigenvalue weighted by molar-refractivity contribution is 0.600. The molecular formula is C8H8N2O2S2. The summed E-state index contributed by atoms with van der Waals surface area (Å²) < 4.78 is 23.1. The predicted octanol–water partition coefficient (Wildman–Crippen LogP) is 1.25. The predicted molar refractivity (Wildman–Crippen MR) is 55.7 cm³/mol. The summed E-state index contributed by atoms with van der Waals surface area (Å²) in [7, 11) is -3.60. The normalized spacial score (nSPS) is 12.1. The Kier molecular flexibility index (Phi) is 2.06. The van der Waals surface area contributed by atoms with Gasteiger partial charge < -0.3 is 0 Å². The summed E-state index contributed by atoms with van der Waals surface area (Å²) in [6.07, 6.45) is 0. The van der Waals surface area contributed by atoms with Gasteiger partial charge in [0.25, 0.3) is 0 Å². The molecule has 0 atom stereocenters. The number of hydrogen-bond donors (Lipinski definition) is 1. The van der Waals surface area contributed by atoms with Crippen LogP contribution in [0.3, 0.4) is 0 Å². The highest BCUT2D eigenvalue weighted by atomic mass is 32.2. The van der Waals surface area contributed by atoms with Gasteiger partial charge in [0.1, 0.15) is 4.21 Å². The zero-order valence-corrected chi connectivity index (χ0v) is 9.02. The maximum atomic E-state index is 11.0. The van der Waals surface area contributed by atoms with E-state index in [1.165, 1.54) is 6.07 Å². The molecule has 0 unspecified atom stereocenters. The van der Waals surface area contributed by atoms with Gasteiger partial charge in [-0.1, -0.05) is 0 Å². The number of fused-ring (bicyclic) bond motifs is 1. The van der Waals surface area contributed by atoms with Gasteiger partial charge in [0.2, 0.25) is 10.0 Å². The van der Waals surface area contributed by atoms with Gasteiger partial charge in [-0.15, -0.1) is 11.3 Å². The quantitative estimate of drug-likeness (QED) is 0.798. The minimum atomic E-state index is -3.60. The molecule has 4 nitrogen and oxygen atoms in total. The van der Waals surface area contributed by atoms with Crippen LogP contribution in [0.2, 0.25) is 0 Å². The van der Waals surface area contributed by atoms with Crippen molar-refractivity contribution in [2.75, 3.05) is 0 Å². The Morgan fingerprint density at radius 3 is 2.79 bits per heavy atom. The van der Waals surface area contributed by atoms with Crippen LogP contribution in [0.15, 0.2) is 22.4 Å². The van der Waals surface area contributed by atoms with Gasteiger partial charge >= 0.3 is 0 Å². The summed E-state index contributed by atoms with van der Waals surface area (Å²) in [4.78, 5) is 4.20. The van der Waals surface area contributed by atoms with E-state index < -0.39 is 10.0 Å². The van der Waals surface area contributed by atoms with Crippen molar-refractivity contribution in [3.8, 4) is 0 Å². The molecule has 0 aliphatic rings. The van der Waals surface area contributed by atoms with Crippen LogP contribution in [-0.4, -0.2) is 13.4 Å². The average Bonchev–Trinajstić information content (AvgIpc) is 2.45. The van der Waals surface area contributed by atoms with Gasteiger partial charge in [0.05, 0.1) is 10.2 Å². The van der Waals surface area contributed by atoms with Crippen LogP contribution in [0.4, 0.5) is 0 Å². The van der Waals surface area contributed by atoms with E-state index in [0.717, 1.165) is 21.7 Å². The van der Waals surface area contributed by atoms with Gasteiger partial charge in [-0.25, -0.2) is 13.6 Å². The molecule has 14 heavy (non-hydrogen) atoms. The van der Waals surface area contributed by atoms with E-state index in [0.29, 0.717) is 5.52 Å². The first-order valence-electron chi connectivity index (χ1n) is 3.87. The summed E-state index contributed by atoms with van der Waals surface area (Å²) >= 11 is 1.14. The summed E-state index contributed by atoms with van der Waals surface area (Å²) in [5.41, 5.74) is 1.54. The Morgan fingerprint density at radius 1 is 1.43 bits per heavy atom. The van der Waals surface area contributed by atoms with E-state index in [1.807, 2.05) is 19.1 Å². The van der Waals surface area contributed by atoms with Gasteiger partial charge in [-0.2, -0.15) is 0 Å². The van der Waals surface area contributed by atoms with Crippen LogP contribution >= 0.6 is 11.3 Å². The van der Waals surface area contributed by atoms with E-state index in [9.17, 15) is 8.42 Å². The Morgan fingerprint density at radius 2 is 2.14 bits per heavy atom. The number of aryl methyl sites for hydroxylation is 1. The van der Waals surface area contributed by atoms with Crippen LogP contribution in [0, 0.1) is 6.92 Å². The molecule has 0 aliphatic heterocycles. The molecule has 0 fully saturated rings. The Hall–Kier alpha value is -0.980. The van der Waals surface area contributed by atoms with Crippen molar-refractivity contribution >= 4 is 31.6 Å². The monoisotopic (exact) mass is 228 g/mol. The lowest BCUT2D eigenvalue weighted by Gasteiger charge is -1.89. The number of rotatable bonds is 1. The third kappa shape index (κ3) is 1.63. The first-order valence-corrected chi connectivity index (χ1v) is 6.23. The lowest BCUT2D eigenvalue weighted by Crippen LogP contribution is -2.09. The number of aromatic nitrogens is 1. The Bertz CT molecular complexity index is 586. The smallest absolute Gasteiger partial charge is 0.247 e. The fourth-order valence-electron chi connectivity index (χ4n) is 1.14. The van der Waals surface area contributed by atoms with E-state index >= 15 is 0 Å². The van der Waals surface area contributed by atoms with Crippen molar-refractivity contribution in [3.63, 3.8) is 0 Å². The molecule has 2 rings (SSSR count). The zero-order valence-electron chi connectivity index (χ0n) is 7.39. The second kappa shape index (κ2) is 3.01. The topological polar surface area (TPSA) is 73.1 Å². The van der Waals surface area contributed by atoms with Crippen LogP contribution < -0.4 is 5.14 Å². The highest BCUT2D eigenvalue weighted by Gasteiger charge is 2.12. The standard InChI is InChI=1S/C8H8N2O2S2/c1-5-2-3-7-6(10-5)4-8(13-7)14(9,11)12/h2-4H,1H3,(H2,9,11,12). The molecule has 0 saturated carbocycles. The first kappa shape index (κ1) is 9.57. The summed E-state index contributed by atoms with van der Waals surface area (Å²) in [6, 6.07) is 5.19. The molecule has 2 N–H and O–H groups in total. The fourth-order valence-corrected chi connectivity index (χ4v) is 2.89. The minimum absolute atomic E-state index is 0.158. The number of primary sulfonamides is 1. The number of nitrogens with two attached hydrogens (primary N) is 1. The maximum Gasteiger partial charge on any atom is 0.247 e. The number of nitrogens with zero attached hydrogens (tertiary/aromatic N) is 1. The molecule has 6 heteroatoms. The van der Waals surface area contributed by atoms with Crippen LogP contribution in [0.25, 0.3) is 10.2 Å². The van der Waals surface area contributed by atoms with Crippen molar-refractivity contribution in [1.29, 1.82) is 0 Å². The number of sulfonamides is 1.